The van der Waals surface area contributed by atoms with Gasteiger partial charge in [0.05, 0.1) is 11.1 Å². The summed E-state index contributed by atoms with van der Waals surface area (Å²) >= 11 is 0. The number of carbonyl (C=O) groups excluding carboxylic acids is 1. The molecule has 3 nitrogen and oxygen atoms in total. The van der Waals surface area contributed by atoms with Crippen LogP contribution in [0.15, 0.2) is 48.5 Å². The van der Waals surface area contributed by atoms with Crippen LogP contribution in [0.5, 0.6) is 0 Å². The van der Waals surface area contributed by atoms with Crippen molar-refractivity contribution in [3.05, 3.63) is 65.2 Å². The Morgan fingerprint density at radius 1 is 1.12 bits per heavy atom. The van der Waals surface area contributed by atoms with Crippen molar-refractivity contribution >= 4 is 11.6 Å². The molecule has 2 aromatic carbocycles. The zero-order valence-electron chi connectivity index (χ0n) is 13.1. The van der Waals surface area contributed by atoms with Crippen LogP contribution < -0.4 is 5.32 Å². The lowest BCUT2D eigenvalue weighted by Crippen LogP contribution is -2.43. The minimum Gasteiger partial charge on any atom is -0.361 e. The SMILES string of the molecule is CCCN1C(=O)c2ccccc2N[C@H]1c1cccc(C(F)(F)F)c1. The predicted octanol–water partition coefficient (Wildman–Crippen LogP) is 4.68. The third-order valence-electron chi connectivity index (χ3n) is 4.02. The van der Waals surface area contributed by atoms with E-state index in [-0.39, 0.29) is 5.91 Å². The number of nitrogens with one attached hydrogen (secondary N) is 1. The summed E-state index contributed by atoms with van der Waals surface area (Å²) in [6.45, 7) is 2.39. The van der Waals surface area contributed by atoms with Gasteiger partial charge in [-0.1, -0.05) is 31.2 Å². The lowest BCUT2D eigenvalue weighted by Gasteiger charge is -2.38. The normalized spacial score (nSPS) is 17.4. The maximum absolute atomic E-state index is 13.0. The Bertz CT molecular complexity index is 758. The molecule has 0 aliphatic carbocycles. The van der Waals surface area contributed by atoms with Gasteiger partial charge in [-0.3, -0.25) is 4.79 Å². The molecule has 0 radical (unpaired) electrons. The van der Waals surface area contributed by atoms with Crippen LogP contribution in [0.2, 0.25) is 0 Å². The molecule has 0 saturated heterocycles. The van der Waals surface area contributed by atoms with E-state index in [2.05, 4.69) is 5.32 Å². The first kappa shape index (κ1) is 16.4. The monoisotopic (exact) mass is 334 g/mol. The Labute approximate surface area is 138 Å². The zero-order chi connectivity index (χ0) is 17.3. The average molecular weight is 334 g/mol. The summed E-state index contributed by atoms with van der Waals surface area (Å²) in [5.74, 6) is -0.173. The van der Waals surface area contributed by atoms with Crippen molar-refractivity contribution in [1.82, 2.24) is 4.90 Å². The van der Waals surface area contributed by atoms with Crippen molar-refractivity contribution in [1.29, 1.82) is 0 Å². The Balaban J connectivity index is 2.04. The number of fused-ring (bicyclic) bond motifs is 1. The highest BCUT2D eigenvalue weighted by Gasteiger charge is 2.35. The molecule has 1 heterocycles. The van der Waals surface area contributed by atoms with Gasteiger partial charge in [0, 0.05) is 12.2 Å². The molecule has 3 rings (SSSR count). The molecule has 0 spiro atoms. The fraction of sp³-hybridized carbons (Fsp3) is 0.278. The van der Waals surface area contributed by atoms with Crippen molar-refractivity contribution in [3.63, 3.8) is 0 Å². The van der Waals surface area contributed by atoms with Crippen molar-refractivity contribution in [2.24, 2.45) is 0 Å². The highest BCUT2D eigenvalue weighted by atomic mass is 19.4. The van der Waals surface area contributed by atoms with Crippen LogP contribution in [0.1, 0.15) is 41.0 Å². The fourth-order valence-corrected chi connectivity index (χ4v) is 2.91. The number of carbonyl (C=O) groups is 1. The van der Waals surface area contributed by atoms with Gasteiger partial charge in [0.2, 0.25) is 0 Å². The molecular weight excluding hydrogens is 317 g/mol. The summed E-state index contributed by atoms with van der Waals surface area (Å²) in [7, 11) is 0. The van der Waals surface area contributed by atoms with Gasteiger partial charge >= 0.3 is 6.18 Å². The molecule has 1 aliphatic rings. The van der Waals surface area contributed by atoms with E-state index < -0.39 is 17.9 Å². The van der Waals surface area contributed by atoms with E-state index >= 15 is 0 Å². The molecule has 0 fully saturated rings. The van der Waals surface area contributed by atoms with Gasteiger partial charge in [0.1, 0.15) is 6.17 Å². The summed E-state index contributed by atoms with van der Waals surface area (Å²) in [4.78, 5) is 14.3. The Hall–Kier alpha value is -2.50. The van der Waals surface area contributed by atoms with Crippen LogP contribution in [0.25, 0.3) is 0 Å². The van der Waals surface area contributed by atoms with Crippen molar-refractivity contribution in [2.75, 3.05) is 11.9 Å². The number of nitrogens with zero attached hydrogens (tertiary/aromatic N) is 1. The highest BCUT2D eigenvalue weighted by Crippen LogP contribution is 2.36. The average Bonchev–Trinajstić information content (AvgIpc) is 2.57. The molecule has 0 aromatic heterocycles. The second-order valence-corrected chi connectivity index (χ2v) is 5.71. The van der Waals surface area contributed by atoms with Gasteiger partial charge in [-0.05, 0) is 36.2 Å². The van der Waals surface area contributed by atoms with E-state index in [1.54, 1.807) is 35.2 Å². The quantitative estimate of drug-likeness (QED) is 0.884. The molecule has 24 heavy (non-hydrogen) atoms. The van der Waals surface area contributed by atoms with Gasteiger partial charge in [0.25, 0.3) is 5.91 Å². The van der Waals surface area contributed by atoms with Crippen LogP contribution in [0.4, 0.5) is 18.9 Å². The molecule has 1 atom stereocenters. The smallest absolute Gasteiger partial charge is 0.361 e. The second-order valence-electron chi connectivity index (χ2n) is 5.71. The molecule has 0 saturated carbocycles. The Morgan fingerprint density at radius 3 is 2.58 bits per heavy atom. The number of para-hydroxylation sites is 1. The number of halogens is 3. The number of hydrogen-bond acceptors (Lipinski definition) is 2. The fourth-order valence-electron chi connectivity index (χ4n) is 2.91. The predicted molar refractivity (Wildman–Crippen MR) is 85.6 cm³/mol. The van der Waals surface area contributed by atoms with E-state index in [9.17, 15) is 18.0 Å². The van der Waals surface area contributed by atoms with Crippen molar-refractivity contribution < 1.29 is 18.0 Å². The van der Waals surface area contributed by atoms with E-state index in [0.29, 0.717) is 29.8 Å². The van der Waals surface area contributed by atoms with Gasteiger partial charge in [-0.15, -0.1) is 0 Å². The largest absolute Gasteiger partial charge is 0.416 e. The molecule has 126 valence electrons. The van der Waals surface area contributed by atoms with Gasteiger partial charge in [-0.2, -0.15) is 13.2 Å². The van der Waals surface area contributed by atoms with E-state index in [1.807, 2.05) is 6.92 Å². The van der Waals surface area contributed by atoms with Crippen LogP contribution >= 0.6 is 0 Å². The first-order valence-corrected chi connectivity index (χ1v) is 7.75. The number of benzene rings is 2. The summed E-state index contributed by atoms with van der Waals surface area (Å²) in [6.07, 6.45) is -4.32. The first-order valence-electron chi connectivity index (χ1n) is 7.75. The minimum atomic E-state index is -4.41. The van der Waals surface area contributed by atoms with Gasteiger partial charge in [-0.25, -0.2) is 0 Å². The van der Waals surface area contributed by atoms with Gasteiger partial charge < -0.3 is 10.2 Å². The van der Waals surface area contributed by atoms with Crippen molar-refractivity contribution in [3.8, 4) is 0 Å². The van der Waals surface area contributed by atoms with E-state index in [1.165, 1.54) is 6.07 Å². The van der Waals surface area contributed by atoms with Crippen LogP contribution in [0, 0.1) is 0 Å². The Morgan fingerprint density at radius 2 is 1.88 bits per heavy atom. The number of alkyl halides is 3. The van der Waals surface area contributed by atoms with Crippen LogP contribution in [-0.2, 0) is 6.18 Å². The first-order chi connectivity index (χ1) is 11.4. The molecule has 0 bridgehead atoms. The third kappa shape index (κ3) is 2.96. The molecule has 6 heteroatoms. The van der Waals surface area contributed by atoms with Gasteiger partial charge in [0.15, 0.2) is 0 Å². The third-order valence-corrected chi connectivity index (χ3v) is 4.02. The maximum Gasteiger partial charge on any atom is 0.416 e. The number of hydrogen-bond donors (Lipinski definition) is 1. The molecule has 1 aliphatic heterocycles. The number of amides is 1. The lowest BCUT2D eigenvalue weighted by molar-refractivity contribution is -0.137. The summed E-state index contributed by atoms with van der Waals surface area (Å²) in [5.41, 5.74) is 0.872. The topological polar surface area (TPSA) is 32.3 Å². The minimum absolute atomic E-state index is 0.173. The Kier molecular flexibility index (Phi) is 4.22. The lowest BCUT2D eigenvalue weighted by atomic mass is 10.0. The molecule has 1 amide bonds. The summed E-state index contributed by atoms with van der Waals surface area (Å²) in [6, 6.07) is 12.2. The standard InChI is InChI=1S/C18H17F3N2O/c1-2-10-23-16(12-6-5-7-13(11-12)18(19,20)21)22-15-9-4-3-8-14(15)17(23)24/h3-9,11,16,22H,2,10H2,1H3/t16-/m1/s1. The van der Waals surface area contributed by atoms with E-state index in [4.69, 9.17) is 0 Å². The zero-order valence-corrected chi connectivity index (χ0v) is 13.1. The summed E-state index contributed by atoms with van der Waals surface area (Å²) in [5, 5.41) is 3.19. The van der Waals surface area contributed by atoms with Crippen molar-refractivity contribution in [2.45, 2.75) is 25.7 Å². The molecule has 2 aromatic rings. The molecular formula is C18H17F3N2O. The maximum atomic E-state index is 13.0. The van der Waals surface area contributed by atoms with E-state index in [0.717, 1.165) is 12.1 Å². The molecule has 1 N–H and O–H groups in total. The summed E-state index contributed by atoms with van der Waals surface area (Å²) < 4.78 is 39.0. The van der Waals surface area contributed by atoms with Crippen LogP contribution in [-0.4, -0.2) is 17.4 Å². The van der Waals surface area contributed by atoms with Crippen LogP contribution in [0.3, 0.4) is 0 Å². The second kappa shape index (κ2) is 6.19. The number of anilines is 1. The highest BCUT2D eigenvalue weighted by molar-refractivity contribution is 6.01. The molecule has 0 unspecified atom stereocenters. The number of rotatable bonds is 3.